The number of carbonyl (C=O) groups is 1. The Hall–Kier alpha value is -2.45. The lowest BCUT2D eigenvalue weighted by Gasteiger charge is -2.08. The number of thiophene rings is 1. The zero-order valence-corrected chi connectivity index (χ0v) is 17.2. The smallest absolute Gasteiger partial charge is 0.299 e. The summed E-state index contributed by atoms with van der Waals surface area (Å²) in [6, 6.07) is 2.83. The summed E-state index contributed by atoms with van der Waals surface area (Å²) in [6.45, 7) is 4.74. The minimum absolute atomic E-state index is 0.0179. The van der Waals surface area contributed by atoms with Crippen molar-refractivity contribution >= 4 is 50.0 Å². The van der Waals surface area contributed by atoms with E-state index in [2.05, 4.69) is 22.5 Å². The number of nitrogens with one attached hydrogen (secondary N) is 2. The van der Waals surface area contributed by atoms with Gasteiger partial charge in [0.1, 0.15) is 21.5 Å². The first kappa shape index (κ1) is 18.9. The third-order valence-electron chi connectivity index (χ3n) is 5.03. The van der Waals surface area contributed by atoms with Gasteiger partial charge in [-0.05, 0) is 43.4 Å². The molecule has 1 atom stereocenters. The van der Waals surface area contributed by atoms with Crippen LogP contribution in [0.4, 0.5) is 15.6 Å². The zero-order chi connectivity index (χ0) is 19.8. The summed E-state index contributed by atoms with van der Waals surface area (Å²) in [5, 5.41) is 7.15. The van der Waals surface area contributed by atoms with Gasteiger partial charge in [0.05, 0.1) is 10.4 Å². The van der Waals surface area contributed by atoms with Crippen LogP contribution in [0.3, 0.4) is 0 Å². The van der Waals surface area contributed by atoms with Crippen LogP contribution >= 0.6 is 22.9 Å². The van der Waals surface area contributed by atoms with E-state index < -0.39 is 6.03 Å². The number of urea groups is 1. The standard InChI is InChI=1S/C19H20ClN5O2S/c1-10-3-6-14-23-17-15(18(26)25(14)8-7-10)11(2)16(28-17)24-19(27)22-13-5-4-12(20)9-21-13/h4-5,9-10H,3,6-8H2,1-2H3,(H2,21,22,24,27)/t10-/m0/s1. The molecule has 0 spiro atoms. The molecule has 4 rings (SSSR count). The van der Waals surface area contributed by atoms with Crippen LogP contribution in [-0.4, -0.2) is 20.6 Å². The Labute approximate surface area is 170 Å². The first-order valence-electron chi connectivity index (χ1n) is 9.14. The number of amides is 2. The molecule has 0 saturated heterocycles. The van der Waals surface area contributed by atoms with Gasteiger partial charge in [-0.25, -0.2) is 14.8 Å². The van der Waals surface area contributed by atoms with Crippen molar-refractivity contribution in [2.45, 2.75) is 39.7 Å². The average Bonchev–Trinajstić information content (AvgIpc) is 2.83. The van der Waals surface area contributed by atoms with Crippen LogP contribution < -0.4 is 16.2 Å². The summed E-state index contributed by atoms with van der Waals surface area (Å²) in [6.07, 6.45) is 4.27. The lowest BCUT2D eigenvalue weighted by Crippen LogP contribution is -2.24. The van der Waals surface area contributed by atoms with Gasteiger partial charge in [0.25, 0.3) is 5.56 Å². The number of fused-ring (bicyclic) bond motifs is 2. The fraction of sp³-hybridized carbons (Fsp3) is 0.368. The fourth-order valence-corrected chi connectivity index (χ4v) is 4.57. The number of rotatable bonds is 2. The highest BCUT2D eigenvalue weighted by Crippen LogP contribution is 2.33. The average molecular weight is 418 g/mol. The van der Waals surface area contributed by atoms with Crippen molar-refractivity contribution in [1.82, 2.24) is 14.5 Å². The summed E-state index contributed by atoms with van der Waals surface area (Å²) in [7, 11) is 0. The maximum atomic E-state index is 13.1. The minimum Gasteiger partial charge on any atom is -0.299 e. The Bertz CT molecular complexity index is 1110. The van der Waals surface area contributed by atoms with Crippen molar-refractivity contribution < 1.29 is 4.79 Å². The molecular weight excluding hydrogens is 398 g/mol. The third-order valence-corrected chi connectivity index (χ3v) is 6.36. The molecule has 0 saturated carbocycles. The Balaban J connectivity index is 1.63. The minimum atomic E-state index is -0.431. The third kappa shape index (κ3) is 3.62. The van der Waals surface area contributed by atoms with E-state index >= 15 is 0 Å². The van der Waals surface area contributed by atoms with Gasteiger partial charge < -0.3 is 0 Å². The lowest BCUT2D eigenvalue weighted by atomic mass is 10.0. The molecule has 1 aliphatic rings. The van der Waals surface area contributed by atoms with E-state index in [1.165, 1.54) is 17.5 Å². The predicted octanol–water partition coefficient (Wildman–Crippen LogP) is 4.43. The highest BCUT2D eigenvalue weighted by Gasteiger charge is 2.21. The van der Waals surface area contributed by atoms with Crippen LogP contribution in [0, 0.1) is 12.8 Å². The summed E-state index contributed by atoms with van der Waals surface area (Å²) >= 11 is 7.12. The van der Waals surface area contributed by atoms with Crippen LogP contribution in [0.5, 0.6) is 0 Å². The van der Waals surface area contributed by atoms with E-state index in [4.69, 9.17) is 16.6 Å². The Kier molecular flexibility index (Phi) is 5.07. The van der Waals surface area contributed by atoms with E-state index in [9.17, 15) is 9.59 Å². The van der Waals surface area contributed by atoms with Crippen molar-refractivity contribution in [2.75, 3.05) is 10.6 Å². The van der Waals surface area contributed by atoms with Crippen LogP contribution in [0.1, 0.15) is 31.2 Å². The SMILES string of the molecule is Cc1c(NC(=O)Nc2ccc(Cl)cn2)sc2nc3n(c(=O)c12)CC[C@@H](C)CC3. The number of hydrogen-bond donors (Lipinski definition) is 2. The van der Waals surface area contributed by atoms with Crippen molar-refractivity contribution in [1.29, 1.82) is 0 Å². The predicted molar refractivity (Wildman–Crippen MR) is 113 cm³/mol. The van der Waals surface area contributed by atoms with Gasteiger partial charge in [-0.3, -0.25) is 20.0 Å². The number of hydrogen-bond acceptors (Lipinski definition) is 5. The number of anilines is 2. The molecule has 0 fully saturated rings. The molecule has 1 aliphatic heterocycles. The molecule has 2 N–H and O–H groups in total. The highest BCUT2D eigenvalue weighted by atomic mass is 35.5. The van der Waals surface area contributed by atoms with E-state index in [0.29, 0.717) is 38.5 Å². The van der Waals surface area contributed by atoms with Crippen molar-refractivity contribution in [3.05, 3.63) is 45.1 Å². The number of nitrogens with zero attached hydrogens (tertiary/aromatic N) is 3. The summed E-state index contributed by atoms with van der Waals surface area (Å²) in [5.74, 6) is 1.81. The second-order valence-corrected chi connectivity index (χ2v) is 8.53. The summed E-state index contributed by atoms with van der Waals surface area (Å²) in [4.78, 5) is 34.8. The number of pyridine rings is 1. The number of halogens is 1. The molecule has 9 heteroatoms. The molecule has 0 unspecified atom stereocenters. The van der Waals surface area contributed by atoms with Crippen molar-refractivity contribution in [3.8, 4) is 0 Å². The molecule has 0 bridgehead atoms. The molecule has 0 radical (unpaired) electrons. The van der Waals surface area contributed by atoms with Crippen molar-refractivity contribution in [2.24, 2.45) is 5.92 Å². The second kappa shape index (κ2) is 7.52. The van der Waals surface area contributed by atoms with Crippen molar-refractivity contribution in [3.63, 3.8) is 0 Å². The van der Waals surface area contributed by atoms with Gasteiger partial charge in [-0.15, -0.1) is 0 Å². The molecule has 28 heavy (non-hydrogen) atoms. The molecule has 3 aromatic heterocycles. The van der Waals surface area contributed by atoms with Gasteiger partial charge >= 0.3 is 6.03 Å². The van der Waals surface area contributed by atoms with E-state index in [-0.39, 0.29) is 5.56 Å². The quantitative estimate of drug-likeness (QED) is 0.645. The second-order valence-electron chi connectivity index (χ2n) is 7.09. The van der Waals surface area contributed by atoms with E-state index in [1.807, 2.05) is 6.92 Å². The molecule has 3 aromatic rings. The molecule has 4 heterocycles. The highest BCUT2D eigenvalue weighted by molar-refractivity contribution is 7.22. The Morgan fingerprint density at radius 1 is 1.32 bits per heavy atom. The molecular formula is C19H20ClN5O2S. The van der Waals surface area contributed by atoms with Gasteiger partial charge in [-0.1, -0.05) is 29.9 Å². The molecule has 0 aromatic carbocycles. The lowest BCUT2D eigenvalue weighted by molar-refractivity contribution is 0.262. The Morgan fingerprint density at radius 2 is 2.14 bits per heavy atom. The molecule has 7 nitrogen and oxygen atoms in total. The first-order chi connectivity index (χ1) is 13.4. The van der Waals surface area contributed by atoms with Crippen LogP contribution in [-0.2, 0) is 13.0 Å². The van der Waals surface area contributed by atoms with E-state index in [0.717, 1.165) is 30.7 Å². The molecule has 2 amide bonds. The Morgan fingerprint density at radius 3 is 2.89 bits per heavy atom. The largest absolute Gasteiger partial charge is 0.325 e. The zero-order valence-electron chi connectivity index (χ0n) is 15.6. The summed E-state index contributed by atoms with van der Waals surface area (Å²) < 4.78 is 1.80. The topological polar surface area (TPSA) is 88.9 Å². The maximum absolute atomic E-state index is 13.1. The first-order valence-corrected chi connectivity index (χ1v) is 10.3. The van der Waals surface area contributed by atoms with E-state index in [1.54, 1.807) is 16.7 Å². The number of carbonyl (C=O) groups excluding carboxylic acids is 1. The van der Waals surface area contributed by atoms with Gasteiger partial charge in [0.15, 0.2) is 0 Å². The van der Waals surface area contributed by atoms with Gasteiger partial charge in [0, 0.05) is 19.2 Å². The summed E-state index contributed by atoms with van der Waals surface area (Å²) in [5.41, 5.74) is 0.722. The monoisotopic (exact) mass is 417 g/mol. The maximum Gasteiger partial charge on any atom is 0.325 e. The fourth-order valence-electron chi connectivity index (χ4n) is 3.37. The van der Waals surface area contributed by atoms with Gasteiger partial charge in [0.2, 0.25) is 0 Å². The van der Waals surface area contributed by atoms with Crippen LogP contribution in [0.15, 0.2) is 23.1 Å². The van der Waals surface area contributed by atoms with Gasteiger partial charge in [-0.2, -0.15) is 0 Å². The number of aromatic nitrogens is 3. The normalized spacial score (nSPS) is 16.5. The molecule has 0 aliphatic carbocycles. The molecule has 146 valence electrons. The van der Waals surface area contributed by atoms with Crippen LogP contribution in [0.25, 0.3) is 10.2 Å². The number of aryl methyl sites for hydroxylation is 2. The van der Waals surface area contributed by atoms with Crippen LogP contribution in [0.2, 0.25) is 5.02 Å².